The largest absolute Gasteiger partial charge is 0.478 e. The summed E-state index contributed by atoms with van der Waals surface area (Å²) in [6.07, 6.45) is 0. The average Bonchev–Trinajstić information content (AvgIpc) is 2.75. The molecule has 0 fully saturated rings. The summed E-state index contributed by atoms with van der Waals surface area (Å²) in [4.78, 5) is 24.2. The number of carboxylic acid groups (broad SMARTS) is 1. The van der Waals surface area contributed by atoms with E-state index in [-0.39, 0.29) is 27.8 Å². The first-order chi connectivity index (χ1) is 15.1. The second-order valence-corrected chi connectivity index (χ2v) is 9.13. The van der Waals surface area contributed by atoms with Gasteiger partial charge in [-0.05, 0) is 61.7 Å². The van der Waals surface area contributed by atoms with Crippen LogP contribution < -0.4 is 10.0 Å². The van der Waals surface area contributed by atoms with Crippen LogP contribution in [0.25, 0.3) is 0 Å². The third kappa shape index (κ3) is 4.97. The van der Waals surface area contributed by atoms with E-state index in [9.17, 15) is 23.1 Å². The molecular formula is C24H24N2O5S. The number of hydrogen-bond donors (Lipinski definition) is 3. The van der Waals surface area contributed by atoms with Gasteiger partial charge >= 0.3 is 5.97 Å². The molecule has 0 aliphatic rings. The number of benzene rings is 3. The van der Waals surface area contributed by atoms with Crippen molar-refractivity contribution in [2.24, 2.45) is 0 Å². The van der Waals surface area contributed by atoms with Crippen LogP contribution in [0.3, 0.4) is 0 Å². The molecule has 32 heavy (non-hydrogen) atoms. The highest BCUT2D eigenvalue weighted by Crippen LogP contribution is 2.26. The molecular weight excluding hydrogens is 428 g/mol. The highest BCUT2D eigenvalue weighted by Gasteiger charge is 2.23. The first-order valence-corrected chi connectivity index (χ1v) is 11.4. The molecule has 166 valence electrons. The summed E-state index contributed by atoms with van der Waals surface area (Å²) in [7, 11) is -4.15. The third-order valence-corrected chi connectivity index (χ3v) is 6.71. The first kappa shape index (κ1) is 23.0. The SMILES string of the molecule is Cc1cc(C(=O)O)cc(S(=O)(=O)Nc2ccccc2C(=O)N[C@H](C)c2ccccc2)c1C. The summed E-state index contributed by atoms with van der Waals surface area (Å²) in [5, 5.41) is 12.2. The smallest absolute Gasteiger partial charge is 0.335 e. The van der Waals surface area contributed by atoms with Gasteiger partial charge in [-0.3, -0.25) is 9.52 Å². The second-order valence-electron chi connectivity index (χ2n) is 7.48. The van der Waals surface area contributed by atoms with Gasteiger partial charge < -0.3 is 10.4 Å². The van der Waals surface area contributed by atoms with Crippen molar-refractivity contribution in [3.63, 3.8) is 0 Å². The van der Waals surface area contributed by atoms with E-state index in [1.165, 1.54) is 18.2 Å². The first-order valence-electron chi connectivity index (χ1n) is 9.92. The standard InChI is InChI=1S/C24H24N2O5S/c1-15-13-19(24(28)29)14-22(16(15)2)32(30,31)26-21-12-8-7-11-20(21)23(27)25-17(3)18-9-5-4-6-10-18/h4-14,17,26H,1-3H3,(H,25,27)(H,28,29)/t17-/m1/s1. The zero-order chi connectivity index (χ0) is 23.5. The fourth-order valence-corrected chi connectivity index (χ4v) is 4.72. The maximum absolute atomic E-state index is 13.1. The normalized spacial score (nSPS) is 12.1. The topological polar surface area (TPSA) is 113 Å². The van der Waals surface area contributed by atoms with E-state index in [4.69, 9.17) is 0 Å². The van der Waals surface area contributed by atoms with Crippen molar-refractivity contribution < 1.29 is 23.1 Å². The third-order valence-electron chi connectivity index (χ3n) is 5.22. The number of aromatic carboxylic acids is 1. The lowest BCUT2D eigenvalue weighted by Gasteiger charge is -2.18. The quantitative estimate of drug-likeness (QED) is 0.495. The Balaban J connectivity index is 1.92. The van der Waals surface area contributed by atoms with Crippen molar-refractivity contribution in [3.05, 3.63) is 94.5 Å². The Labute approximate surface area is 187 Å². The number of hydrogen-bond acceptors (Lipinski definition) is 4. The van der Waals surface area contributed by atoms with Crippen molar-refractivity contribution in [2.75, 3.05) is 4.72 Å². The average molecular weight is 453 g/mol. The molecule has 3 aromatic rings. The predicted molar refractivity (Wildman–Crippen MR) is 122 cm³/mol. The number of para-hydroxylation sites is 1. The summed E-state index contributed by atoms with van der Waals surface area (Å²) >= 11 is 0. The lowest BCUT2D eigenvalue weighted by molar-refractivity contribution is 0.0696. The van der Waals surface area contributed by atoms with Gasteiger partial charge in [0.2, 0.25) is 0 Å². The summed E-state index contributed by atoms with van der Waals surface area (Å²) in [5.41, 5.74) is 2.01. The molecule has 0 saturated heterocycles. The minimum absolute atomic E-state index is 0.100. The van der Waals surface area contributed by atoms with Gasteiger partial charge in [-0.1, -0.05) is 42.5 Å². The van der Waals surface area contributed by atoms with E-state index < -0.39 is 21.9 Å². The van der Waals surface area contributed by atoms with Crippen LogP contribution in [0.1, 0.15) is 50.4 Å². The Hall–Kier alpha value is -3.65. The van der Waals surface area contributed by atoms with Gasteiger partial charge in [0, 0.05) is 0 Å². The summed E-state index contributed by atoms with van der Waals surface area (Å²) in [6.45, 7) is 5.09. The predicted octanol–water partition coefficient (Wildman–Crippen LogP) is 4.29. The molecule has 3 rings (SSSR count). The number of amides is 1. The van der Waals surface area contributed by atoms with Crippen LogP contribution in [0, 0.1) is 13.8 Å². The van der Waals surface area contributed by atoms with Crippen LogP contribution in [0.2, 0.25) is 0 Å². The van der Waals surface area contributed by atoms with Gasteiger partial charge in [-0.2, -0.15) is 0 Å². The Morgan fingerprint density at radius 2 is 1.56 bits per heavy atom. The molecule has 0 aromatic heterocycles. The van der Waals surface area contributed by atoms with Crippen molar-refractivity contribution in [1.29, 1.82) is 0 Å². The molecule has 7 nitrogen and oxygen atoms in total. The van der Waals surface area contributed by atoms with Crippen molar-refractivity contribution in [2.45, 2.75) is 31.7 Å². The maximum atomic E-state index is 13.1. The lowest BCUT2D eigenvalue weighted by Crippen LogP contribution is -2.28. The minimum atomic E-state index is -4.15. The van der Waals surface area contributed by atoms with E-state index in [1.54, 1.807) is 26.0 Å². The number of carbonyl (C=O) groups is 2. The Morgan fingerprint density at radius 1 is 0.938 bits per heavy atom. The van der Waals surface area contributed by atoms with E-state index in [2.05, 4.69) is 10.0 Å². The minimum Gasteiger partial charge on any atom is -0.478 e. The number of carboxylic acids is 1. The summed E-state index contributed by atoms with van der Waals surface area (Å²) < 4.78 is 28.7. The van der Waals surface area contributed by atoms with Crippen molar-refractivity contribution >= 4 is 27.6 Å². The fraction of sp³-hybridized carbons (Fsp3) is 0.167. The highest BCUT2D eigenvalue weighted by atomic mass is 32.2. The van der Waals surface area contributed by atoms with Crippen LogP contribution >= 0.6 is 0 Å². The fourth-order valence-electron chi connectivity index (χ4n) is 3.30. The van der Waals surface area contributed by atoms with E-state index >= 15 is 0 Å². The molecule has 8 heteroatoms. The zero-order valence-corrected chi connectivity index (χ0v) is 18.7. The molecule has 0 saturated carbocycles. The molecule has 0 bridgehead atoms. The molecule has 1 atom stereocenters. The number of rotatable bonds is 7. The highest BCUT2D eigenvalue weighted by molar-refractivity contribution is 7.92. The van der Waals surface area contributed by atoms with Crippen LogP contribution in [-0.4, -0.2) is 25.4 Å². The molecule has 0 unspecified atom stereocenters. The van der Waals surface area contributed by atoms with Crippen LogP contribution in [0.5, 0.6) is 0 Å². The Morgan fingerprint density at radius 3 is 2.22 bits per heavy atom. The maximum Gasteiger partial charge on any atom is 0.335 e. The van der Waals surface area contributed by atoms with Crippen molar-refractivity contribution in [1.82, 2.24) is 5.32 Å². The van der Waals surface area contributed by atoms with Crippen LogP contribution in [0.15, 0.2) is 71.6 Å². The number of carbonyl (C=O) groups excluding carboxylic acids is 1. The van der Waals surface area contributed by atoms with Gasteiger partial charge in [-0.25, -0.2) is 13.2 Å². The molecule has 0 heterocycles. The summed E-state index contributed by atoms with van der Waals surface area (Å²) in [5.74, 6) is -1.66. The number of anilines is 1. The van der Waals surface area contributed by atoms with Gasteiger partial charge in [0.15, 0.2) is 0 Å². The number of nitrogens with one attached hydrogen (secondary N) is 2. The van der Waals surface area contributed by atoms with Gasteiger partial charge in [0.05, 0.1) is 27.8 Å². The molecule has 3 N–H and O–H groups in total. The van der Waals surface area contributed by atoms with E-state index in [0.717, 1.165) is 11.6 Å². The second kappa shape index (κ2) is 9.23. The molecule has 0 spiro atoms. The molecule has 0 aliphatic heterocycles. The van der Waals surface area contributed by atoms with Gasteiger partial charge in [0.25, 0.3) is 15.9 Å². The molecule has 0 aliphatic carbocycles. The van der Waals surface area contributed by atoms with E-state index in [1.807, 2.05) is 37.3 Å². The van der Waals surface area contributed by atoms with Crippen molar-refractivity contribution in [3.8, 4) is 0 Å². The Bertz CT molecular complexity index is 1270. The zero-order valence-electron chi connectivity index (χ0n) is 17.9. The number of sulfonamides is 1. The van der Waals surface area contributed by atoms with Gasteiger partial charge in [-0.15, -0.1) is 0 Å². The Kier molecular flexibility index (Phi) is 6.64. The van der Waals surface area contributed by atoms with Crippen LogP contribution in [-0.2, 0) is 10.0 Å². The van der Waals surface area contributed by atoms with Crippen LogP contribution in [0.4, 0.5) is 5.69 Å². The monoisotopic (exact) mass is 452 g/mol. The molecule has 0 radical (unpaired) electrons. The van der Waals surface area contributed by atoms with Gasteiger partial charge in [0.1, 0.15) is 0 Å². The summed E-state index contributed by atoms with van der Waals surface area (Å²) in [6, 6.07) is 17.9. The van der Waals surface area contributed by atoms with E-state index in [0.29, 0.717) is 11.1 Å². The lowest BCUT2D eigenvalue weighted by atomic mass is 10.1. The molecule has 1 amide bonds. The number of aryl methyl sites for hydroxylation is 1. The molecule has 3 aromatic carbocycles.